The molecule has 0 heterocycles. The van der Waals surface area contributed by atoms with Gasteiger partial charge in [-0.05, 0) is 115 Å². The maximum atomic E-state index is 12.5. The number of benzene rings is 12. The van der Waals surface area contributed by atoms with Gasteiger partial charge in [-0.3, -0.25) is 9.98 Å². The Morgan fingerprint density at radius 2 is 0.620 bits per heavy atom. The molecule has 1 aliphatic rings. The molecular weight excluding hydrogens is 1050 g/mol. The standard InChI is InChI=1S/C60H46N2O2.2C6H6O.Zr/c63-59-45(35-43-23-9-13-27-49(43)57(59)55-47-25-11-7-21-41(47)31-33-51(55)39-17-3-1-4-18-39)37-61-53-29-15-16-30-54(53)62-38-46-36-44-24-10-14-28-50(44)58(60(46)64)56-48-26-12-8-22-42(48)32-34-52(56)40-19-5-2-6-20-40;2*7-6-4-2-1-3-5-6;/h1-14,17-28,31-38,53-54,63-64H,15-16,29-30H2;2*1-5,7H;/t53-,54-;;;/m1.../s1. The van der Waals surface area contributed by atoms with E-state index in [0.717, 1.165) is 113 Å². The van der Waals surface area contributed by atoms with Crippen LogP contribution in [0.25, 0.3) is 87.6 Å². The van der Waals surface area contributed by atoms with E-state index in [1.54, 1.807) is 48.5 Å². The number of fused-ring (bicyclic) bond motifs is 4. The first kappa shape index (κ1) is 53.5. The van der Waals surface area contributed by atoms with E-state index in [1.807, 2.05) is 61.0 Å². The van der Waals surface area contributed by atoms with Crippen molar-refractivity contribution in [3.8, 4) is 67.5 Å². The molecule has 2 atom stereocenters. The summed E-state index contributed by atoms with van der Waals surface area (Å²) in [5.74, 6) is 1.07. The molecule has 4 N–H and O–H groups in total. The third-order valence-corrected chi connectivity index (χ3v) is 14.6. The van der Waals surface area contributed by atoms with Crippen LogP contribution >= 0.6 is 0 Å². The van der Waals surface area contributed by atoms with Crippen molar-refractivity contribution in [2.24, 2.45) is 9.98 Å². The molecule has 6 nitrogen and oxygen atoms in total. The second-order valence-corrected chi connectivity index (χ2v) is 19.6. The van der Waals surface area contributed by atoms with Crippen LogP contribution in [0.3, 0.4) is 0 Å². The predicted molar refractivity (Wildman–Crippen MR) is 325 cm³/mol. The fourth-order valence-corrected chi connectivity index (χ4v) is 10.9. The van der Waals surface area contributed by atoms with E-state index in [9.17, 15) is 10.2 Å². The zero-order valence-electron chi connectivity index (χ0n) is 43.6. The van der Waals surface area contributed by atoms with E-state index in [-0.39, 0.29) is 49.8 Å². The van der Waals surface area contributed by atoms with E-state index in [2.05, 4.69) is 158 Å². The number of nitrogens with zero attached hydrogens (tertiary/aromatic N) is 2. The Morgan fingerprint density at radius 1 is 0.316 bits per heavy atom. The first-order chi connectivity index (χ1) is 38.4. The molecule has 13 rings (SSSR count). The molecule has 0 radical (unpaired) electrons. The summed E-state index contributed by atoms with van der Waals surface area (Å²) in [6.45, 7) is 0. The van der Waals surface area contributed by atoms with Crippen LogP contribution in [0.4, 0.5) is 0 Å². The van der Waals surface area contributed by atoms with Gasteiger partial charge in [0.25, 0.3) is 0 Å². The Kier molecular flexibility index (Phi) is 17.0. The molecule has 1 saturated carbocycles. The summed E-state index contributed by atoms with van der Waals surface area (Å²) in [7, 11) is 0. The quantitative estimate of drug-likeness (QED) is 0.114. The summed E-state index contributed by atoms with van der Waals surface area (Å²) in [5, 5.41) is 50.6. The molecule has 1 fully saturated rings. The zero-order valence-corrected chi connectivity index (χ0v) is 46.0. The molecule has 384 valence electrons. The molecule has 0 amide bonds. The second-order valence-electron chi connectivity index (χ2n) is 19.6. The first-order valence-corrected chi connectivity index (χ1v) is 26.6. The molecule has 0 unspecified atom stereocenters. The maximum Gasteiger partial charge on any atom is 0.132 e. The Morgan fingerprint density at radius 3 is 0.962 bits per heavy atom. The number of phenolic OH excluding ortho intramolecular Hbond substituents is 4. The largest absolute Gasteiger partial charge is 0.508 e. The van der Waals surface area contributed by atoms with Crippen LogP contribution < -0.4 is 0 Å². The number of aromatic hydroxyl groups is 4. The van der Waals surface area contributed by atoms with Crippen LogP contribution in [0.1, 0.15) is 36.8 Å². The number of aliphatic imine (C=N–C) groups is 2. The molecule has 79 heavy (non-hydrogen) atoms. The molecule has 0 bridgehead atoms. The van der Waals surface area contributed by atoms with Crippen molar-refractivity contribution in [3.63, 3.8) is 0 Å². The Hall–Kier alpha value is -8.90. The Bertz CT molecular complexity index is 3830. The molecule has 7 heteroatoms. The number of para-hydroxylation sites is 2. The minimum atomic E-state index is -0.0958. The smallest absolute Gasteiger partial charge is 0.132 e. The van der Waals surface area contributed by atoms with Gasteiger partial charge in [-0.1, -0.05) is 231 Å². The predicted octanol–water partition coefficient (Wildman–Crippen LogP) is 18.0. The van der Waals surface area contributed by atoms with Gasteiger partial charge in [-0.25, -0.2) is 0 Å². The van der Waals surface area contributed by atoms with Crippen LogP contribution in [-0.4, -0.2) is 44.9 Å². The minimum Gasteiger partial charge on any atom is -0.508 e. The van der Waals surface area contributed by atoms with Gasteiger partial charge in [-0.15, -0.1) is 0 Å². The number of phenols is 4. The van der Waals surface area contributed by atoms with Gasteiger partial charge in [0.1, 0.15) is 23.0 Å². The van der Waals surface area contributed by atoms with E-state index in [0.29, 0.717) is 22.6 Å². The molecular formula is C72H58N2O4Zr. The number of hydrogen-bond donors (Lipinski definition) is 4. The fraction of sp³-hybridized carbons (Fsp3) is 0.0833. The van der Waals surface area contributed by atoms with E-state index in [1.165, 1.54) is 0 Å². The molecule has 1 aliphatic carbocycles. The van der Waals surface area contributed by atoms with Crippen molar-refractivity contribution in [1.29, 1.82) is 0 Å². The normalized spacial score (nSPS) is 14.1. The summed E-state index contributed by atoms with van der Waals surface area (Å²) in [6, 6.07) is 84.3. The van der Waals surface area contributed by atoms with Gasteiger partial charge in [0.2, 0.25) is 0 Å². The fourth-order valence-electron chi connectivity index (χ4n) is 10.9. The Labute approximate surface area is 480 Å². The van der Waals surface area contributed by atoms with Crippen LogP contribution in [0.5, 0.6) is 23.0 Å². The maximum absolute atomic E-state index is 12.5. The van der Waals surface area contributed by atoms with E-state index >= 15 is 0 Å². The van der Waals surface area contributed by atoms with Crippen LogP contribution in [0.15, 0.2) is 265 Å². The van der Waals surface area contributed by atoms with Crippen LogP contribution in [-0.2, 0) is 26.2 Å². The van der Waals surface area contributed by atoms with Gasteiger partial charge < -0.3 is 20.4 Å². The second kappa shape index (κ2) is 25.1. The molecule has 0 aliphatic heterocycles. The summed E-state index contributed by atoms with van der Waals surface area (Å²) >= 11 is 0. The number of rotatable bonds is 8. The van der Waals surface area contributed by atoms with Crippen molar-refractivity contribution in [1.82, 2.24) is 0 Å². The van der Waals surface area contributed by atoms with Crippen LogP contribution in [0.2, 0.25) is 0 Å². The molecule has 12 aromatic carbocycles. The average Bonchev–Trinajstić information content (AvgIpc) is 3.66. The molecule has 12 aromatic rings. The van der Waals surface area contributed by atoms with Crippen LogP contribution in [0, 0.1) is 0 Å². The van der Waals surface area contributed by atoms with E-state index < -0.39 is 0 Å². The minimum absolute atomic E-state index is 0. The third-order valence-electron chi connectivity index (χ3n) is 14.6. The first-order valence-electron chi connectivity index (χ1n) is 26.6. The van der Waals surface area contributed by atoms with Gasteiger partial charge in [0, 0.05) is 72.0 Å². The van der Waals surface area contributed by atoms with Gasteiger partial charge in [-0.2, -0.15) is 0 Å². The summed E-state index contributed by atoms with van der Waals surface area (Å²) in [6.07, 6.45) is 7.60. The topological polar surface area (TPSA) is 106 Å². The van der Waals surface area contributed by atoms with Crippen molar-refractivity contribution in [2.45, 2.75) is 37.8 Å². The molecule has 0 spiro atoms. The summed E-state index contributed by atoms with van der Waals surface area (Å²) in [4.78, 5) is 10.5. The van der Waals surface area contributed by atoms with Gasteiger partial charge >= 0.3 is 0 Å². The van der Waals surface area contributed by atoms with Gasteiger partial charge in [0.05, 0.1) is 12.1 Å². The molecule has 0 saturated heterocycles. The van der Waals surface area contributed by atoms with Crippen molar-refractivity contribution < 1.29 is 46.6 Å². The molecule has 0 aromatic heterocycles. The Balaban J connectivity index is 0.000000410. The van der Waals surface area contributed by atoms with E-state index in [4.69, 9.17) is 20.2 Å². The average molecular weight is 1110 g/mol. The summed E-state index contributed by atoms with van der Waals surface area (Å²) in [5.41, 5.74) is 9.27. The number of hydrogen-bond acceptors (Lipinski definition) is 6. The summed E-state index contributed by atoms with van der Waals surface area (Å²) < 4.78 is 0. The van der Waals surface area contributed by atoms with Crippen molar-refractivity contribution >= 4 is 55.5 Å². The van der Waals surface area contributed by atoms with Crippen molar-refractivity contribution in [3.05, 3.63) is 266 Å². The zero-order chi connectivity index (χ0) is 53.2. The van der Waals surface area contributed by atoms with Crippen molar-refractivity contribution in [2.75, 3.05) is 0 Å². The van der Waals surface area contributed by atoms with Gasteiger partial charge in [0.15, 0.2) is 0 Å². The SMILES string of the molecule is Oc1c(C=N[C@@H]2CCCC[C@H]2N=Cc2cc3ccccc3c(-c3c(-c4ccccc4)ccc4ccccc34)c2O)cc2ccccc2c1-c1c(-c2ccccc2)ccc2ccccc12.Oc1ccccc1.Oc1ccccc1.[Zr]. The monoisotopic (exact) mass is 1100 g/mol. The third kappa shape index (κ3) is 11.8.